The highest BCUT2D eigenvalue weighted by atomic mass is 32.2. The average molecular weight is 442 g/mol. The minimum Gasteiger partial charge on any atom is -0.415 e. The summed E-state index contributed by atoms with van der Waals surface area (Å²) >= 11 is 0. The zero-order valence-electron chi connectivity index (χ0n) is 15.8. The Balaban J connectivity index is 1.83. The van der Waals surface area contributed by atoms with Crippen LogP contribution in [-0.4, -0.2) is 40.9 Å². The van der Waals surface area contributed by atoms with E-state index >= 15 is 0 Å². The first-order valence-electron chi connectivity index (χ1n) is 8.55. The van der Waals surface area contributed by atoms with Crippen molar-refractivity contribution in [3.8, 4) is 11.5 Å². The molecular formula is C17H17F3N6O3S. The van der Waals surface area contributed by atoms with Crippen molar-refractivity contribution in [2.24, 2.45) is 0 Å². The Morgan fingerprint density at radius 1 is 1.07 bits per heavy atom. The summed E-state index contributed by atoms with van der Waals surface area (Å²) in [7, 11) is -3.52. The number of sulfonamides is 1. The van der Waals surface area contributed by atoms with Gasteiger partial charge in [0.15, 0.2) is 0 Å². The van der Waals surface area contributed by atoms with Gasteiger partial charge in [0.05, 0.1) is 17.9 Å². The van der Waals surface area contributed by atoms with Crippen LogP contribution in [0.2, 0.25) is 0 Å². The van der Waals surface area contributed by atoms with Crippen molar-refractivity contribution in [1.29, 1.82) is 0 Å². The Bertz CT molecular complexity index is 1090. The monoisotopic (exact) mass is 442 g/mol. The summed E-state index contributed by atoms with van der Waals surface area (Å²) in [5.74, 6) is -1.31. The summed E-state index contributed by atoms with van der Waals surface area (Å²) in [6, 6.07) is 4.23. The molecule has 13 heteroatoms. The highest BCUT2D eigenvalue weighted by Gasteiger charge is 2.23. The standard InChI is InChI=1S/C17H17F3N6O3S/c1-9(26-30(2,27)28)13(10-3-5-12(18)6-4-10)23-17-21-7-11(8-22-17)15-24-25-16(29-15)14(19)20/h3-9,13-14,26H,1-2H3,(H,21,22,23). The summed E-state index contributed by atoms with van der Waals surface area (Å²) in [6.07, 6.45) is 0.700. The number of alkyl halides is 2. The topological polar surface area (TPSA) is 123 Å². The van der Waals surface area contributed by atoms with Crippen molar-refractivity contribution in [2.45, 2.75) is 25.4 Å². The molecule has 2 N–H and O–H groups in total. The number of anilines is 1. The van der Waals surface area contributed by atoms with E-state index in [1.165, 1.54) is 36.7 Å². The lowest BCUT2D eigenvalue weighted by Crippen LogP contribution is -2.39. The molecule has 2 aromatic heterocycles. The third-order valence-electron chi connectivity index (χ3n) is 3.94. The van der Waals surface area contributed by atoms with E-state index < -0.39 is 40.2 Å². The molecule has 0 radical (unpaired) electrons. The molecule has 0 aliphatic carbocycles. The molecule has 0 saturated heterocycles. The SMILES string of the molecule is CC(NS(C)(=O)=O)C(Nc1ncc(-c2nnc(C(F)F)o2)cn1)c1ccc(F)cc1. The lowest BCUT2D eigenvalue weighted by atomic mass is 10.0. The number of benzene rings is 1. The van der Waals surface area contributed by atoms with Gasteiger partial charge in [-0.2, -0.15) is 8.78 Å². The zero-order valence-corrected chi connectivity index (χ0v) is 16.6. The van der Waals surface area contributed by atoms with Crippen LogP contribution in [0.1, 0.15) is 30.8 Å². The number of nitrogens with one attached hydrogen (secondary N) is 2. The van der Waals surface area contributed by atoms with Crippen LogP contribution in [0.5, 0.6) is 0 Å². The molecule has 0 spiro atoms. The van der Waals surface area contributed by atoms with Crippen LogP contribution in [0.4, 0.5) is 19.1 Å². The number of rotatable bonds is 8. The highest BCUT2D eigenvalue weighted by molar-refractivity contribution is 7.88. The predicted molar refractivity (Wildman–Crippen MR) is 100 cm³/mol. The molecule has 2 heterocycles. The quantitative estimate of drug-likeness (QED) is 0.546. The number of hydrogen-bond donors (Lipinski definition) is 2. The van der Waals surface area contributed by atoms with E-state index in [4.69, 9.17) is 4.42 Å². The fourth-order valence-electron chi connectivity index (χ4n) is 2.66. The molecule has 0 aliphatic rings. The van der Waals surface area contributed by atoms with Gasteiger partial charge < -0.3 is 9.73 Å². The van der Waals surface area contributed by atoms with Crippen molar-refractivity contribution in [3.05, 3.63) is 53.9 Å². The Hall–Kier alpha value is -3.06. The largest absolute Gasteiger partial charge is 0.415 e. The van der Waals surface area contributed by atoms with Crippen molar-refractivity contribution in [2.75, 3.05) is 11.6 Å². The molecule has 0 fully saturated rings. The van der Waals surface area contributed by atoms with Gasteiger partial charge in [0.25, 0.3) is 11.8 Å². The van der Waals surface area contributed by atoms with Gasteiger partial charge in [-0.05, 0) is 24.6 Å². The normalized spacial score (nSPS) is 13.9. The highest BCUT2D eigenvalue weighted by Crippen LogP contribution is 2.25. The van der Waals surface area contributed by atoms with E-state index in [-0.39, 0.29) is 17.4 Å². The van der Waals surface area contributed by atoms with Crippen LogP contribution in [-0.2, 0) is 10.0 Å². The van der Waals surface area contributed by atoms with Gasteiger partial charge in [-0.15, -0.1) is 10.2 Å². The maximum atomic E-state index is 13.3. The van der Waals surface area contributed by atoms with Crippen LogP contribution >= 0.6 is 0 Å². The van der Waals surface area contributed by atoms with Gasteiger partial charge in [0.1, 0.15) is 5.82 Å². The number of aromatic nitrogens is 4. The molecule has 0 bridgehead atoms. The molecule has 0 amide bonds. The molecule has 0 saturated carbocycles. The summed E-state index contributed by atoms with van der Waals surface area (Å²) in [6.45, 7) is 1.63. The number of hydrogen-bond acceptors (Lipinski definition) is 8. The first kappa shape index (κ1) is 21.6. The Morgan fingerprint density at radius 2 is 1.70 bits per heavy atom. The first-order valence-corrected chi connectivity index (χ1v) is 10.4. The van der Waals surface area contributed by atoms with Crippen molar-refractivity contribution in [1.82, 2.24) is 24.9 Å². The molecule has 9 nitrogen and oxygen atoms in total. The van der Waals surface area contributed by atoms with Gasteiger partial charge in [-0.3, -0.25) is 0 Å². The summed E-state index contributed by atoms with van der Waals surface area (Å²) in [5.41, 5.74) is 0.812. The summed E-state index contributed by atoms with van der Waals surface area (Å²) in [4.78, 5) is 8.16. The van der Waals surface area contributed by atoms with Crippen molar-refractivity contribution in [3.63, 3.8) is 0 Å². The van der Waals surface area contributed by atoms with E-state index in [0.29, 0.717) is 5.56 Å². The predicted octanol–water partition coefficient (Wildman–Crippen LogP) is 2.69. The minimum absolute atomic E-state index is 0.115. The van der Waals surface area contributed by atoms with Gasteiger partial charge in [0.2, 0.25) is 16.0 Å². The van der Waals surface area contributed by atoms with Crippen LogP contribution in [0, 0.1) is 5.82 Å². The smallest absolute Gasteiger partial charge is 0.314 e. The van der Waals surface area contributed by atoms with Gasteiger partial charge in [-0.25, -0.2) is 27.5 Å². The van der Waals surface area contributed by atoms with E-state index in [2.05, 4.69) is 30.2 Å². The Morgan fingerprint density at radius 3 is 2.23 bits per heavy atom. The number of halogens is 3. The second kappa shape index (κ2) is 8.75. The maximum Gasteiger partial charge on any atom is 0.314 e. The Kier molecular flexibility index (Phi) is 6.31. The van der Waals surface area contributed by atoms with Crippen LogP contribution in [0.3, 0.4) is 0 Å². The van der Waals surface area contributed by atoms with E-state index in [9.17, 15) is 21.6 Å². The fraction of sp³-hybridized carbons (Fsp3) is 0.294. The van der Waals surface area contributed by atoms with Crippen LogP contribution in [0.15, 0.2) is 41.1 Å². The molecule has 0 aliphatic heterocycles. The average Bonchev–Trinajstić information content (AvgIpc) is 3.16. The third kappa shape index (κ3) is 5.51. The van der Waals surface area contributed by atoms with Crippen LogP contribution in [0.25, 0.3) is 11.5 Å². The minimum atomic E-state index is -3.52. The van der Waals surface area contributed by atoms with E-state index in [1.807, 2.05) is 0 Å². The Labute approximate surface area is 169 Å². The zero-order chi connectivity index (χ0) is 21.9. The van der Waals surface area contributed by atoms with E-state index in [1.54, 1.807) is 6.92 Å². The van der Waals surface area contributed by atoms with E-state index in [0.717, 1.165) is 6.26 Å². The molecule has 2 unspecified atom stereocenters. The molecule has 160 valence electrons. The van der Waals surface area contributed by atoms with Gasteiger partial charge >= 0.3 is 6.43 Å². The van der Waals surface area contributed by atoms with Crippen LogP contribution < -0.4 is 10.0 Å². The molecule has 30 heavy (non-hydrogen) atoms. The van der Waals surface area contributed by atoms with Crippen molar-refractivity contribution < 1.29 is 26.0 Å². The lowest BCUT2D eigenvalue weighted by Gasteiger charge is -2.26. The molecule has 3 rings (SSSR count). The molecular weight excluding hydrogens is 425 g/mol. The first-order chi connectivity index (χ1) is 14.1. The molecule has 1 aromatic carbocycles. The fourth-order valence-corrected chi connectivity index (χ4v) is 3.48. The molecule has 3 aromatic rings. The third-order valence-corrected chi connectivity index (χ3v) is 4.74. The lowest BCUT2D eigenvalue weighted by molar-refractivity contribution is 0.116. The summed E-state index contributed by atoms with van der Waals surface area (Å²) in [5, 5.41) is 9.73. The van der Waals surface area contributed by atoms with Crippen molar-refractivity contribution >= 4 is 16.0 Å². The second-order valence-corrected chi connectivity index (χ2v) is 8.17. The van der Waals surface area contributed by atoms with Gasteiger partial charge in [-0.1, -0.05) is 12.1 Å². The number of nitrogens with zero attached hydrogens (tertiary/aromatic N) is 4. The second-order valence-electron chi connectivity index (χ2n) is 6.39. The molecule has 2 atom stereocenters. The maximum absolute atomic E-state index is 13.3. The van der Waals surface area contributed by atoms with Gasteiger partial charge in [0, 0.05) is 18.4 Å². The summed E-state index contributed by atoms with van der Waals surface area (Å²) < 4.78 is 69.0.